The third-order valence-electron chi connectivity index (χ3n) is 3.40. The van der Waals surface area contributed by atoms with Crippen LogP contribution in [0.3, 0.4) is 0 Å². The zero-order valence-electron chi connectivity index (χ0n) is 11.0. The van der Waals surface area contributed by atoms with Gasteiger partial charge in [-0.1, -0.05) is 6.42 Å². The predicted molar refractivity (Wildman–Crippen MR) is 79.0 cm³/mol. The van der Waals surface area contributed by atoms with Gasteiger partial charge in [0.1, 0.15) is 5.82 Å². The molecule has 0 radical (unpaired) electrons. The van der Waals surface area contributed by atoms with Crippen molar-refractivity contribution >= 4 is 29.1 Å². The minimum absolute atomic E-state index is 0.0331. The standard InChI is InChI=1S/C12H18N4O2S/c1-13-11-7-6-9(16(17)18)12(15-11)14-8-4-3-5-10(8)19-2/h6-8,10H,3-5H2,1-2H3,(H2,13,14,15). The van der Waals surface area contributed by atoms with E-state index in [0.717, 1.165) is 19.3 Å². The van der Waals surface area contributed by atoms with Gasteiger partial charge in [0.2, 0.25) is 5.82 Å². The summed E-state index contributed by atoms with van der Waals surface area (Å²) >= 11 is 1.81. The van der Waals surface area contributed by atoms with Gasteiger partial charge in [-0.3, -0.25) is 10.1 Å². The first kappa shape index (κ1) is 13.9. The molecule has 1 heterocycles. The number of hydrogen-bond acceptors (Lipinski definition) is 6. The fraction of sp³-hybridized carbons (Fsp3) is 0.583. The third-order valence-corrected chi connectivity index (χ3v) is 4.57. The van der Waals surface area contributed by atoms with Gasteiger partial charge in [0.05, 0.1) is 4.92 Å². The average molecular weight is 282 g/mol. The Morgan fingerprint density at radius 1 is 1.47 bits per heavy atom. The lowest BCUT2D eigenvalue weighted by Gasteiger charge is -2.19. The smallest absolute Gasteiger partial charge is 0.311 e. The highest BCUT2D eigenvalue weighted by molar-refractivity contribution is 7.99. The summed E-state index contributed by atoms with van der Waals surface area (Å²) in [7, 11) is 1.75. The first-order chi connectivity index (χ1) is 9.15. The molecule has 1 saturated carbocycles. The number of nitrogens with one attached hydrogen (secondary N) is 2. The van der Waals surface area contributed by atoms with Crippen molar-refractivity contribution in [1.29, 1.82) is 0 Å². The molecule has 0 saturated heterocycles. The summed E-state index contributed by atoms with van der Waals surface area (Å²) < 4.78 is 0. The van der Waals surface area contributed by atoms with Gasteiger partial charge in [0.25, 0.3) is 0 Å². The fourth-order valence-electron chi connectivity index (χ4n) is 2.39. The molecule has 0 aliphatic heterocycles. The van der Waals surface area contributed by atoms with Crippen LogP contribution in [0, 0.1) is 10.1 Å². The van der Waals surface area contributed by atoms with Crippen LogP contribution in [0.2, 0.25) is 0 Å². The molecule has 0 spiro atoms. The van der Waals surface area contributed by atoms with Crippen LogP contribution in [-0.4, -0.2) is 34.5 Å². The summed E-state index contributed by atoms with van der Waals surface area (Å²) in [5, 5.41) is 17.7. The molecule has 6 nitrogen and oxygen atoms in total. The maximum atomic E-state index is 11.0. The van der Waals surface area contributed by atoms with Crippen molar-refractivity contribution in [3.8, 4) is 0 Å². The van der Waals surface area contributed by atoms with Crippen LogP contribution in [0.15, 0.2) is 12.1 Å². The molecule has 2 rings (SSSR count). The Balaban J connectivity index is 2.24. The Labute approximate surface area is 116 Å². The molecule has 0 amide bonds. The molecule has 1 fully saturated rings. The monoisotopic (exact) mass is 282 g/mol. The molecule has 7 heteroatoms. The second-order valence-electron chi connectivity index (χ2n) is 4.53. The van der Waals surface area contributed by atoms with Crippen LogP contribution in [0.25, 0.3) is 0 Å². The molecule has 2 unspecified atom stereocenters. The second-order valence-corrected chi connectivity index (χ2v) is 5.60. The first-order valence-corrected chi connectivity index (χ1v) is 7.57. The molecule has 19 heavy (non-hydrogen) atoms. The number of thioether (sulfide) groups is 1. The number of rotatable bonds is 5. The number of hydrogen-bond donors (Lipinski definition) is 2. The highest BCUT2D eigenvalue weighted by Crippen LogP contribution is 2.33. The van der Waals surface area contributed by atoms with Gasteiger partial charge < -0.3 is 10.6 Å². The molecule has 2 N–H and O–H groups in total. The van der Waals surface area contributed by atoms with E-state index >= 15 is 0 Å². The lowest BCUT2D eigenvalue weighted by Crippen LogP contribution is -2.26. The molecule has 0 bridgehead atoms. The minimum Gasteiger partial charge on any atom is -0.373 e. The summed E-state index contributed by atoms with van der Waals surface area (Å²) in [5.41, 5.74) is 0.0331. The Bertz CT molecular complexity index is 469. The Hall–Kier alpha value is -1.50. The number of aromatic nitrogens is 1. The maximum Gasteiger partial charge on any atom is 0.311 e. The lowest BCUT2D eigenvalue weighted by molar-refractivity contribution is -0.384. The highest BCUT2D eigenvalue weighted by atomic mass is 32.2. The quantitative estimate of drug-likeness (QED) is 0.638. The van der Waals surface area contributed by atoms with Crippen LogP contribution in [0.4, 0.5) is 17.3 Å². The zero-order valence-corrected chi connectivity index (χ0v) is 11.9. The van der Waals surface area contributed by atoms with E-state index in [1.807, 2.05) is 11.8 Å². The normalized spacial score (nSPS) is 22.2. The second kappa shape index (κ2) is 6.10. The fourth-order valence-corrected chi connectivity index (χ4v) is 3.33. The van der Waals surface area contributed by atoms with Crippen molar-refractivity contribution in [1.82, 2.24) is 4.98 Å². The van der Waals surface area contributed by atoms with E-state index in [1.54, 1.807) is 13.1 Å². The molecular formula is C12H18N4O2S. The molecule has 1 aromatic rings. The summed E-state index contributed by atoms with van der Waals surface area (Å²) in [6.45, 7) is 0. The van der Waals surface area contributed by atoms with Crippen LogP contribution >= 0.6 is 11.8 Å². The van der Waals surface area contributed by atoms with Gasteiger partial charge in [-0.25, -0.2) is 4.98 Å². The van der Waals surface area contributed by atoms with Gasteiger partial charge in [-0.2, -0.15) is 11.8 Å². The third kappa shape index (κ3) is 3.09. The van der Waals surface area contributed by atoms with Crippen LogP contribution in [0.1, 0.15) is 19.3 Å². The molecule has 2 atom stereocenters. The van der Waals surface area contributed by atoms with Crippen LogP contribution in [-0.2, 0) is 0 Å². The van der Waals surface area contributed by atoms with Gasteiger partial charge in [-0.05, 0) is 25.2 Å². The van der Waals surface area contributed by atoms with E-state index < -0.39 is 4.92 Å². The molecule has 1 aliphatic rings. The molecule has 104 valence electrons. The number of nitro groups is 1. The minimum atomic E-state index is -0.391. The van der Waals surface area contributed by atoms with Gasteiger partial charge >= 0.3 is 5.69 Å². The topological polar surface area (TPSA) is 80.1 Å². The van der Waals surface area contributed by atoms with E-state index in [1.165, 1.54) is 6.07 Å². The predicted octanol–water partition coefficient (Wildman–Crippen LogP) is 2.73. The average Bonchev–Trinajstić information content (AvgIpc) is 2.85. The summed E-state index contributed by atoms with van der Waals surface area (Å²) in [5.74, 6) is 0.995. The Kier molecular flexibility index (Phi) is 4.47. The highest BCUT2D eigenvalue weighted by Gasteiger charge is 2.29. The number of nitrogens with zero attached hydrogens (tertiary/aromatic N) is 2. The zero-order chi connectivity index (χ0) is 13.8. The maximum absolute atomic E-state index is 11.0. The summed E-state index contributed by atoms with van der Waals surface area (Å²) in [6.07, 6.45) is 5.42. The SMILES string of the molecule is CNc1ccc([N+](=O)[O-])c(NC2CCCC2SC)n1. The van der Waals surface area contributed by atoms with Crippen molar-refractivity contribution < 1.29 is 4.92 Å². The molecular weight excluding hydrogens is 264 g/mol. The summed E-state index contributed by atoms with van der Waals surface area (Å²) in [4.78, 5) is 14.9. The van der Waals surface area contributed by atoms with Crippen molar-refractivity contribution in [3.63, 3.8) is 0 Å². The Morgan fingerprint density at radius 3 is 2.89 bits per heavy atom. The van der Waals surface area contributed by atoms with E-state index in [4.69, 9.17) is 0 Å². The number of anilines is 2. The largest absolute Gasteiger partial charge is 0.373 e. The van der Waals surface area contributed by atoms with Gasteiger partial charge in [-0.15, -0.1) is 0 Å². The first-order valence-electron chi connectivity index (χ1n) is 6.28. The van der Waals surface area contributed by atoms with E-state index in [-0.39, 0.29) is 11.7 Å². The van der Waals surface area contributed by atoms with Crippen molar-refractivity contribution in [2.75, 3.05) is 23.9 Å². The van der Waals surface area contributed by atoms with Crippen molar-refractivity contribution in [2.24, 2.45) is 0 Å². The molecule has 1 aromatic heterocycles. The number of pyridine rings is 1. The van der Waals surface area contributed by atoms with E-state index in [9.17, 15) is 10.1 Å². The van der Waals surface area contributed by atoms with Crippen LogP contribution < -0.4 is 10.6 Å². The Morgan fingerprint density at radius 2 is 2.26 bits per heavy atom. The molecule has 0 aromatic carbocycles. The van der Waals surface area contributed by atoms with Gasteiger partial charge in [0, 0.05) is 24.4 Å². The summed E-state index contributed by atoms with van der Waals surface area (Å²) in [6, 6.07) is 3.36. The van der Waals surface area contributed by atoms with Crippen molar-refractivity contribution in [3.05, 3.63) is 22.2 Å². The van der Waals surface area contributed by atoms with Crippen LogP contribution in [0.5, 0.6) is 0 Å². The van der Waals surface area contributed by atoms with Crippen molar-refractivity contribution in [2.45, 2.75) is 30.6 Å². The van der Waals surface area contributed by atoms with Gasteiger partial charge in [0.15, 0.2) is 0 Å². The van der Waals surface area contributed by atoms with E-state index in [0.29, 0.717) is 16.9 Å². The molecule has 1 aliphatic carbocycles. The lowest BCUT2D eigenvalue weighted by atomic mass is 10.2. The van der Waals surface area contributed by atoms with E-state index in [2.05, 4.69) is 21.9 Å².